The number of carboxylic acids is 1. The van der Waals surface area contributed by atoms with Gasteiger partial charge in [-0.1, -0.05) is 32.8 Å². The average Bonchev–Trinajstić information content (AvgIpc) is 1.97. The summed E-state index contributed by atoms with van der Waals surface area (Å²) in [6, 6.07) is 0. The van der Waals surface area contributed by atoms with Crippen molar-refractivity contribution >= 4 is 43.7 Å². The molecule has 0 aromatic heterocycles. The maximum atomic E-state index is 10.3. The van der Waals surface area contributed by atoms with Gasteiger partial charge in [-0.3, -0.25) is 0 Å². The average molecular weight is 198 g/mol. The van der Waals surface area contributed by atoms with Crippen LogP contribution < -0.4 is 0 Å². The van der Waals surface area contributed by atoms with Gasteiger partial charge in [-0.05, 0) is 12.8 Å². The van der Waals surface area contributed by atoms with Crippen molar-refractivity contribution < 1.29 is 12.8 Å². The Morgan fingerprint density at radius 3 is 2.42 bits per heavy atom. The molecule has 0 saturated heterocycles. The van der Waals surface area contributed by atoms with Crippen molar-refractivity contribution in [2.45, 2.75) is 39.0 Å². The first-order chi connectivity index (χ1) is 5.18. The molecule has 0 amide bonds. The van der Waals surface area contributed by atoms with Crippen LogP contribution in [0.1, 0.15) is 41.9 Å². The second-order valence-electron chi connectivity index (χ2n) is 2.72. The van der Waals surface area contributed by atoms with E-state index in [1.807, 2.05) is 0 Å². The molecule has 12 heavy (non-hydrogen) atoms. The van der Waals surface area contributed by atoms with Crippen LogP contribution in [-0.2, 0) is 4.79 Å². The topological polar surface area (TPSA) is 37.3 Å². The third-order valence-electron chi connectivity index (χ3n) is 1.63. The van der Waals surface area contributed by atoms with Crippen LogP contribution in [0.3, 0.4) is 0 Å². The van der Waals surface area contributed by atoms with E-state index in [4.69, 9.17) is 5.11 Å². The molecular weight excluding hydrogens is 180 g/mol. The Morgan fingerprint density at radius 1 is 1.42 bits per heavy atom. The van der Waals surface area contributed by atoms with Crippen LogP contribution in [0.5, 0.6) is 0 Å². The predicted octanol–water partition coefficient (Wildman–Crippen LogP) is 2.44. The van der Waals surface area contributed by atoms with Gasteiger partial charge >= 0.3 is 43.7 Å². The van der Waals surface area contributed by atoms with Crippen molar-refractivity contribution in [3.8, 4) is 0 Å². The molecule has 0 fully saturated rings. The summed E-state index contributed by atoms with van der Waals surface area (Å²) in [7, 11) is 0. The molecule has 0 rings (SSSR count). The van der Waals surface area contributed by atoms with Gasteiger partial charge in [0.1, 0.15) is 0 Å². The minimum absolute atomic E-state index is 0. The van der Waals surface area contributed by atoms with Crippen molar-refractivity contribution in [1.29, 1.82) is 0 Å². The van der Waals surface area contributed by atoms with Crippen molar-refractivity contribution in [3.05, 3.63) is 12.2 Å². The summed E-state index contributed by atoms with van der Waals surface area (Å²) in [6.07, 6.45) is 5.07. The quantitative estimate of drug-likeness (QED) is 0.404. The fourth-order valence-corrected chi connectivity index (χ4v) is 0.872. The Labute approximate surface area is 107 Å². The summed E-state index contributed by atoms with van der Waals surface area (Å²) < 4.78 is 0. The van der Waals surface area contributed by atoms with Crippen LogP contribution >= 0.6 is 0 Å². The number of carbonyl (C=O) groups is 1. The normalized spacial score (nSPS) is 8.75. The van der Waals surface area contributed by atoms with E-state index in [2.05, 4.69) is 13.5 Å². The molecule has 0 aliphatic heterocycles. The van der Waals surface area contributed by atoms with E-state index in [0.717, 1.165) is 12.8 Å². The van der Waals surface area contributed by atoms with Gasteiger partial charge in [0.05, 0.1) is 0 Å². The summed E-state index contributed by atoms with van der Waals surface area (Å²) in [5, 5.41) is 8.44. The molecule has 1 N–H and O–H groups in total. The van der Waals surface area contributed by atoms with Crippen LogP contribution in [0.25, 0.3) is 0 Å². The van der Waals surface area contributed by atoms with Gasteiger partial charge in [-0.2, -0.15) is 0 Å². The maximum absolute atomic E-state index is 10.3. The third-order valence-corrected chi connectivity index (χ3v) is 1.63. The first-order valence-electron chi connectivity index (χ1n) is 4.09. The van der Waals surface area contributed by atoms with Crippen molar-refractivity contribution in [1.82, 2.24) is 0 Å². The Bertz CT molecular complexity index is 152. The Morgan fingerprint density at radius 2 is 2.00 bits per heavy atom. The molecule has 3 heteroatoms. The second kappa shape index (κ2) is 9.56. The molecular formula is C9H18CaO2. The predicted molar refractivity (Wildman–Crippen MR) is 53.5 cm³/mol. The number of rotatable bonds is 6. The van der Waals surface area contributed by atoms with E-state index >= 15 is 0 Å². The molecule has 0 spiro atoms. The summed E-state index contributed by atoms with van der Waals surface area (Å²) >= 11 is 0. The molecule has 0 bridgehead atoms. The minimum atomic E-state index is -0.860. The zero-order valence-corrected chi connectivity index (χ0v) is 10.0. The molecule has 0 atom stereocenters. The van der Waals surface area contributed by atoms with Crippen molar-refractivity contribution in [2.24, 2.45) is 0 Å². The van der Waals surface area contributed by atoms with E-state index < -0.39 is 5.97 Å². The van der Waals surface area contributed by atoms with Crippen LogP contribution in [0, 0.1) is 0 Å². The van der Waals surface area contributed by atoms with E-state index in [-0.39, 0.29) is 40.6 Å². The Balaban J connectivity index is -0.000000167. The van der Waals surface area contributed by atoms with Gasteiger partial charge < -0.3 is 7.96 Å². The SMILES string of the molecule is C=C(CCCCCC)C(=O)O.[Ca+2].[H-].[H-]. The zero-order chi connectivity index (χ0) is 8.69. The van der Waals surface area contributed by atoms with Gasteiger partial charge in [0.15, 0.2) is 0 Å². The van der Waals surface area contributed by atoms with Crippen molar-refractivity contribution in [2.75, 3.05) is 0 Å². The minimum Gasteiger partial charge on any atom is -1.00 e. The van der Waals surface area contributed by atoms with Gasteiger partial charge in [-0.25, -0.2) is 4.79 Å². The molecule has 0 saturated carbocycles. The van der Waals surface area contributed by atoms with E-state index in [1.54, 1.807) is 0 Å². The Kier molecular flexibility index (Phi) is 11.9. The van der Waals surface area contributed by atoms with Gasteiger partial charge in [0, 0.05) is 5.57 Å². The summed E-state index contributed by atoms with van der Waals surface area (Å²) in [5.41, 5.74) is 0.334. The van der Waals surface area contributed by atoms with E-state index in [0.29, 0.717) is 12.0 Å². The number of hydrogen-bond donors (Lipinski definition) is 1. The third kappa shape index (κ3) is 8.57. The van der Waals surface area contributed by atoms with E-state index in [1.165, 1.54) is 12.8 Å². The van der Waals surface area contributed by atoms with Crippen LogP contribution in [-0.4, -0.2) is 48.8 Å². The molecule has 0 radical (unpaired) electrons. The summed E-state index contributed by atoms with van der Waals surface area (Å²) in [5.74, 6) is -0.860. The van der Waals surface area contributed by atoms with Gasteiger partial charge in [0.25, 0.3) is 0 Å². The van der Waals surface area contributed by atoms with Gasteiger partial charge in [-0.15, -0.1) is 0 Å². The van der Waals surface area contributed by atoms with Crippen LogP contribution in [0.4, 0.5) is 0 Å². The summed E-state index contributed by atoms with van der Waals surface area (Å²) in [4.78, 5) is 10.3. The van der Waals surface area contributed by atoms with E-state index in [9.17, 15) is 4.79 Å². The number of aliphatic carboxylic acids is 1. The molecule has 0 aliphatic rings. The number of unbranched alkanes of at least 4 members (excludes halogenated alkanes) is 3. The maximum Gasteiger partial charge on any atom is 2.00 e. The molecule has 0 unspecified atom stereocenters. The van der Waals surface area contributed by atoms with Crippen molar-refractivity contribution in [3.63, 3.8) is 0 Å². The van der Waals surface area contributed by atoms with Crippen LogP contribution in [0.15, 0.2) is 12.2 Å². The fourth-order valence-electron chi connectivity index (χ4n) is 0.872. The first-order valence-corrected chi connectivity index (χ1v) is 4.09. The smallest absolute Gasteiger partial charge is 1.00 e. The summed E-state index contributed by atoms with van der Waals surface area (Å²) in [6.45, 7) is 5.58. The first kappa shape index (κ1) is 15.0. The fraction of sp³-hybridized carbons (Fsp3) is 0.667. The van der Waals surface area contributed by atoms with Crippen LogP contribution in [0.2, 0.25) is 0 Å². The number of hydrogen-bond acceptors (Lipinski definition) is 1. The molecule has 68 valence electrons. The molecule has 0 aromatic rings. The van der Waals surface area contributed by atoms with Gasteiger partial charge in [0.2, 0.25) is 0 Å². The standard InChI is InChI=1S/C9H16O2.Ca.2H/c1-3-4-5-6-7-8(2)9(10)11;;;/h2-7H2,1H3,(H,10,11);;;/q;+2;2*-1. The second-order valence-corrected chi connectivity index (χ2v) is 2.72. The molecule has 0 aliphatic carbocycles. The number of carboxylic acid groups (broad SMARTS) is 1. The monoisotopic (exact) mass is 198 g/mol. The zero-order valence-electron chi connectivity index (χ0n) is 9.81. The molecule has 2 nitrogen and oxygen atoms in total. The Hall–Kier alpha value is 0.470. The largest absolute Gasteiger partial charge is 2.00 e. The molecule has 0 aromatic carbocycles. The molecule has 0 heterocycles.